The van der Waals surface area contributed by atoms with Crippen LogP contribution < -0.4 is 5.19 Å². The van der Waals surface area contributed by atoms with Crippen molar-refractivity contribution in [3.8, 4) is 0 Å². The highest BCUT2D eigenvalue weighted by Gasteiger charge is 2.21. The molecule has 0 aliphatic rings. The van der Waals surface area contributed by atoms with Crippen LogP contribution in [-0.2, 0) is 14.1 Å². The molecule has 2 heterocycles. The molecular weight excluding hydrogens is 316 g/mol. The Bertz CT molecular complexity index is 818. The van der Waals surface area contributed by atoms with Gasteiger partial charge in [0.1, 0.15) is 0 Å². The number of benzene rings is 1. The Balaban J connectivity index is 2.26. The molecule has 0 aliphatic carbocycles. The molecule has 0 radical (unpaired) electrons. The molecule has 1 aromatic carbocycles. The van der Waals surface area contributed by atoms with Gasteiger partial charge in [0.15, 0.2) is 9.54 Å². The average molecular weight is 333 g/mol. The number of aryl methyl sites for hydroxylation is 2. The largest absolute Gasteiger partial charge is 0.331 e. The van der Waals surface area contributed by atoms with Gasteiger partial charge in [-0.3, -0.25) is 0 Å². The molecule has 3 rings (SSSR count). The molecule has 3 aromatic rings. The van der Waals surface area contributed by atoms with E-state index in [0.717, 1.165) is 9.54 Å². The highest BCUT2D eigenvalue weighted by molar-refractivity contribution is 7.71. The summed E-state index contributed by atoms with van der Waals surface area (Å²) < 4.78 is 9.96. The van der Waals surface area contributed by atoms with Crippen molar-refractivity contribution in [3.63, 3.8) is 0 Å². The van der Waals surface area contributed by atoms with E-state index in [-0.39, 0.29) is 0 Å². The van der Waals surface area contributed by atoms with Crippen molar-refractivity contribution in [1.29, 1.82) is 0 Å². The molecule has 0 saturated carbocycles. The minimum atomic E-state index is -1.76. The number of rotatable bonds is 3. The summed E-state index contributed by atoms with van der Waals surface area (Å²) in [7, 11) is 2.18. The fourth-order valence-electron chi connectivity index (χ4n) is 2.42. The minimum absolute atomic E-state index is 0.821. The average Bonchev–Trinajstić information content (AvgIpc) is 2.99. The van der Waals surface area contributed by atoms with E-state index in [1.807, 2.05) is 41.7 Å². The molecule has 0 aliphatic heterocycles. The first-order valence-electron chi connectivity index (χ1n) is 6.61. The highest BCUT2D eigenvalue weighted by atomic mass is 32.1. The van der Waals surface area contributed by atoms with Crippen molar-refractivity contribution in [2.75, 3.05) is 0 Å². The third kappa shape index (κ3) is 2.48. The van der Waals surface area contributed by atoms with E-state index < -0.39 is 9.12 Å². The summed E-state index contributed by atoms with van der Waals surface area (Å²) in [5.41, 5.74) is 0. The summed E-state index contributed by atoms with van der Waals surface area (Å²) in [5, 5.41) is 1.28. The Labute approximate surface area is 135 Å². The second kappa shape index (κ2) is 5.59. The third-order valence-corrected chi connectivity index (χ3v) is 7.81. The summed E-state index contributed by atoms with van der Waals surface area (Å²) in [6, 6.07) is 10.5. The Hall–Kier alpha value is -1.70. The molecule has 0 amide bonds. The van der Waals surface area contributed by atoms with Gasteiger partial charge in [0.2, 0.25) is 0 Å². The summed E-state index contributed by atoms with van der Waals surface area (Å²) in [4.78, 5) is 0. The topological polar surface area (TPSA) is 19.7 Å². The first-order valence-corrected chi connectivity index (χ1v) is 9.04. The van der Waals surface area contributed by atoms with E-state index in [0.29, 0.717) is 0 Å². The number of nitrogens with zero attached hydrogens (tertiary/aromatic N) is 4. The molecule has 7 heteroatoms. The van der Waals surface area contributed by atoms with E-state index in [1.54, 1.807) is 0 Å². The van der Waals surface area contributed by atoms with Gasteiger partial charge in [-0.2, -0.15) is 0 Å². The van der Waals surface area contributed by atoms with Gasteiger partial charge in [-0.05, 0) is 29.6 Å². The Morgan fingerprint density at radius 2 is 1.24 bits per heavy atom. The zero-order chi connectivity index (χ0) is 15.0. The van der Waals surface area contributed by atoms with Crippen LogP contribution in [0.3, 0.4) is 0 Å². The molecule has 0 N–H and O–H groups in total. The van der Waals surface area contributed by atoms with E-state index in [1.165, 1.54) is 5.19 Å². The molecule has 108 valence electrons. The van der Waals surface area contributed by atoms with E-state index >= 15 is 0 Å². The smallest absolute Gasteiger partial charge is 0.293 e. The predicted molar refractivity (Wildman–Crippen MR) is 92.5 cm³/mol. The van der Waals surface area contributed by atoms with Crippen LogP contribution in [-0.4, -0.2) is 26.7 Å². The van der Waals surface area contributed by atoms with E-state index in [9.17, 15) is 0 Å². The fourth-order valence-corrected chi connectivity index (χ4v) is 6.00. The molecule has 0 fully saturated rings. The maximum Gasteiger partial charge on any atom is 0.293 e. The molecule has 0 spiro atoms. The summed E-state index contributed by atoms with van der Waals surface area (Å²) in [6.45, 7) is 0. The van der Waals surface area contributed by atoms with Gasteiger partial charge in [-0.1, -0.05) is 30.3 Å². The van der Waals surface area contributed by atoms with Crippen LogP contribution in [0.2, 0.25) is 0 Å². The van der Waals surface area contributed by atoms with Gasteiger partial charge in [0.05, 0.1) is 0 Å². The van der Waals surface area contributed by atoms with Crippen molar-refractivity contribution in [1.82, 2.24) is 17.6 Å². The SMILES string of the molecule is Cn1ccn([SiH](c2ccccc2)n2ccn(C)c2=S)c1=S. The standard InChI is InChI=1S/C14H16N4S2Si/c1-15-8-10-17(13(15)19)21(12-6-4-3-5-7-12)18-11-9-16(2)14(18)20/h3-11,21H,1-2H3. The normalized spacial score (nSPS) is 11.2. The van der Waals surface area contributed by atoms with Crippen molar-refractivity contribution < 1.29 is 0 Å². The van der Waals surface area contributed by atoms with Crippen molar-refractivity contribution in [2.24, 2.45) is 14.1 Å². The van der Waals surface area contributed by atoms with Crippen LogP contribution >= 0.6 is 24.4 Å². The number of aromatic nitrogens is 4. The lowest BCUT2D eigenvalue weighted by molar-refractivity contribution is 0.857. The number of hydrogen-bond acceptors (Lipinski definition) is 2. The molecule has 0 saturated heterocycles. The molecule has 0 atom stereocenters. The van der Waals surface area contributed by atoms with E-state index in [2.05, 4.69) is 45.1 Å². The monoisotopic (exact) mass is 332 g/mol. The first kappa shape index (κ1) is 14.2. The van der Waals surface area contributed by atoms with Crippen LogP contribution in [0.5, 0.6) is 0 Å². The van der Waals surface area contributed by atoms with E-state index in [4.69, 9.17) is 24.4 Å². The lowest BCUT2D eigenvalue weighted by atomic mass is 10.4. The molecule has 0 bridgehead atoms. The predicted octanol–water partition coefficient (Wildman–Crippen LogP) is 1.95. The van der Waals surface area contributed by atoms with Gasteiger partial charge in [-0.15, -0.1) is 0 Å². The van der Waals surface area contributed by atoms with Crippen LogP contribution in [0.4, 0.5) is 0 Å². The van der Waals surface area contributed by atoms with Crippen LogP contribution in [0, 0.1) is 9.54 Å². The first-order chi connectivity index (χ1) is 10.1. The lowest BCUT2D eigenvalue weighted by Crippen LogP contribution is -2.45. The number of imidazole rings is 2. The Morgan fingerprint density at radius 1 is 0.762 bits per heavy atom. The van der Waals surface area contributed by atoms with Gasteiger partial charge < -0.3 is 17.6 Å². The summed E-state index contributed by atoms with van der Waals surface area (Å²) in [5.74, 6) is 0. The van der Waals surface area contributed by atoms with Gasteiger partial charge in [0, 0.05) is 38.9 Å². The maximum atomic E-state index is 5.56. The Morgan fingerprint density at radius 3 is 1.62 bits per heavy atom. The fraction of sp³-hybridized carbons (Fsp3) is 0.143. The quantitative estimate of drug-likeness (QED) is 0.539. The Kier molecular flexibility index (Phi) is 3.79. The van der Waals surface area contributed by atoms with Crippen molar-refractivity contribution in [2.45, 2.75) is 0 Å². The molecule has 21 heavy (non-hydrogen) atoms. The van der Waals surface area contributed by atoms with Crippen LogP contribution in [0.25, 0.3) is 0 Å². The second-order valence-electron chi connectivity index (χ2n) is 4.98. The zero-order valence-electron chi connectivity index (χ0n) is 11.9. The molecule has 2 aromatic heterocycles. The maximum absolute atomic E-state index is 5.56. The second-order valence-corrected chi connectivity index (χ2v) is 8.24. The number of hydrogen-bond donors (Lipinski definition) is 0. The van der Waals surface area contributed by atoms with Crippen molar-refractivity contribution in [3.05, 3.63) is 64.7 Å². The van der Waals surface area contributed by atoms with Crippen LogP contribution in [0.15, 0.2) is 55.1 Å². The van der Waals surface area contributed by atoms with Crippen LogP contribution in [0.1, 0.15) is 0 Å². The summed E-state index contributed by atoms with van der Waals surface area (Å²) in [6.07, 6.45) is 8.11. The van der Waals surface area contributed by atoms with Crippen molar-refractivity contribution >= 4 is 38.7 Å². The minimum Gasteiger partial charge on any atom is -0.331 e. The summed E-state index contributed by atoms with van der Waals surface area (Å²) >= 11 is 11.1. The molecule has 0 unspecified atom stereocenters. The lowest BCUT2D eigenvalue weighted by Gasteiger charge is -2.18. The van der Waals surface area contributed by atoms with Gasteiger partial charge in [-0.25, -0.2) is 0 Å². The van der Waals surface area contributed by atoms with Gasteiger partial charge >= 0.3 is 0 Å². The van der Waals surface area contributed by atoms with Gasteiger partial charge in [0.25, 0.3) is 9.12 Å². The third-order valence-electron chi connectivity index (χ3n) is 3.57. The highest BCUT2D eigenvalue weighted by Crippen LogP contribution is 2.04. The zero-order valence-corrected chi connectivity index (χ0v) is 14.7. The molecular formula is C14H16N4S2Si. The molecule has 4 nitrogen and oxygen atoms in total.